The normalized spacial score (nSPS) is 23.1. The van der Waals surface area contributed by atoms with Gasteiger partial charge in [0.1, 0.15) is 11.6 Å². The zero-order valence-corrected chi connectivity index (χ0v) is 17.4. The molecule has 9 heteroatoms. The number of anilines is 1. The van der Waals surface area contributed by atoms with Gasteiger partial charge in [0.2, 0.25) is 11.8 Å². The number of rotatable bonds is 6. The van der Waals surface area contributed by atoms with Crippen LogP contribution in [0.15, 0.2) is 18.2 Å². The number of nitrogens with one attached hydrogen (secondary N) is 3. The topological polar surface area (TPSA) is 73.5 Å². The second kappa shape index (κ2) is 10.8. The summed E-state index contributed by atoms with van der Waals surface area (Å²) >= 11 is 0. The fourth-order valence-corrected chi connectivity index (χ4v) is 3.89. The lowest BCUT2D eigenvalue weighted by molar-refractivity contribution is -0.124. The Morgan fingerprint density at radius 3 is 2.76 bits per heavy atom. The molecule has 0 saturated carbocycles. The summed E-state index contributed by atoms with van der Waals surface area (Å²) < 4.78 is 26.8. The summed E-state index contributed by atoms with van der Waals surface area (Å²) in [6, 6.07) is 2.55. The van der Waals surface area contributed by atoms with Crippen LogP contribution in [0.2, 0.25) is 0 Å². The van der Waals surface area contributed by atoms with Crippen molar-refractivity contribution in [2.45, 2.75) is 44.7 Å². The summed E-state index contributed by atoms with van der Waals surface area (Å²) in [7, 11) is 0. The maximum absolute atomic E-state index is 13.8. The zero-order chi connectivity index (χ0) is 20.1. The van der Waals surface area contributed by atoms with Crippen LogP contribution in [0.5, 0.6) is 0 Å². The van der Waals surface area contributed by atoms with Crippen LogP contribution in [0.25, 0.3) is 0 Å². The van der Waals surface area contributed by atoms with E-state index in [0.29, 0.717) is 13.1 Å². The van der Waals surface area contributed by atoms with Crippen molar-refractivity contribution in [1.82, 2.24) is 15.5 Å². The molecule has 0 aromatic heterocycles. The highest BCUT2D eigenvalue weighted by Gasteiger charge is 2.29. The third-order valence-electron chi connectivity index (χ3n) is 5.61. The van der Waals surface area contributed by atoms with E-state index in [-0.39, 0.29) is 41.9 Å². The Kier molecular flexibility index (Phi) is 8.79. The van der Waals surface area contributed by atoms with E-state index >= 15 is 0 Å². The number of benzene rings is 1. The van der Waals surface area contributed by atoms with Crippen LogP contribution in [0.3, 0.4) is 0 Å². The number of nitrogens with zero attached hydrogens (tertiary/aromatic N) is 1. The van der Waals surface area contributed by atoms with Crippen molar-refractivity contribution in [2.75, 3.05) is 31.5 Å². The average molecular weight is 431 g/mol. The first-order chi connectivity index (χ1) is 13.4. The largest absolute Gasteiger partial charge is 0.354 e. The SMILES string of the molecule is CC(C(=O)Nc1ccc(F)cc1F)N1CCCC(CNC(=O)C2CCCN2)C1.Cl. The Morgan fingerprint density at radius 2 is 2.07 bits per heavy atom. The number of carbonyl (C=O) groups excluding carboxylic acids is 2. The van der Waals surface area contributed by atoms with Crippen LogP contribution in [0.4, 0.5) is 14.5 Å². The molecule has 0 spiro atoms. The van der Waals surface area contributed by atoms with Gasteiger partial charge in [-0.15, -0.1) is 12.4 Å². The number of likely N-dealkylation sites (tertiary alicyclic amines) is 1. The second-order valence-electron chi connectivity index (χ2n) is 7.69. The molecule has 0 bridgehead atoms. The summed E-state index contributed by atoms with van der Waals surface area (Å²) in [6.07, 6.45) is 3.83. The predicted octanol–water partition coefficient (Wildman–Crippen LogP) is 2.29. The van der Waals surface area contributed by atoms with Gasteiger partial charge in [-0.2, -0.15) is 0 Å². The maximum Gasteiger partial charge on any atom is 0.241 e. The summed E-state index contributed by atoms with van der Waals surface area (Å²) in [5.74, 6) is -1.48. The monoisotopic (exact) mass is 430 g/mol. The van der Waals surface area contributed by atoms with Crippen LogP contribution < -0.4 is 16.0 Å². The number of halogens is 3. The van der Waals surface area contributed by atoms with E-state index in [1.807, 2.05) is 4.90 Å². The van der Waals surface area contributed by atoms with Gasteiger partial charge in [-0.25, -0.2) is 8.78 Å². The van der Waals surface area contributed by atoms with E-state index in [9.17, 15) is 18.4 Å². The highest BCUT2D eigenvalue weighted by Crippen LogP contribution is 2.20. The van der Waals surface area contributed by atoms with Crippen LogP contribution in [0.1, 0.15) is 32.6 Å². The Morgan fingerprint density at radius 1 is 1.28 bits per heavy atom. The number of piperidine rings is 1. The third-order valence-corrected chi connectivity index (χ3v) is 5.61. The fraction of sp³-hybridized carbons (Fsp3) is 0.600. The predicted molar refractivity (Wildman–Crippen MR) is 110 cm³/mol. The first-order valence-electron chi connectivity index (χ1n) is 9.95. The molecular weight excluding hydrogens is 402 g/mol. The van der Waals surface area contributed by atoms with Gasteiger partial charge in [-0.1, -0.05) is 0 Å². The van der Waals surface area contributed by atoms with Crippen LogP contribution in [-0.2, 0) is 9.59 Å². The minimum absolute atomic E-state index is 0. The second-order valence-corrected chi connectivity index (χ2v) is 7.69. The van der Waals surface area contributed by atoms with Crippen LogP contribution in [0, 0.1) is 17.6 Å². The first kappa shape index (κ1) is 23.5. The van der Waals surface area contributed by atoms with E-state index in [4.69, 9.17) is 0 Å². The molecule has 3 N–H and O–H groups in total. The highest BCUT2D eigenvalue weighted by atomic mass is 35.5. The van der Waals surface area contributed by atoms with E-state index in [1.54, 1.807) is 6.92 Å². The summed E-state index contributed by atoms with van der Waals surface area (Å²) in [5, 5.41) is 8.75. The number of hydrogen-bond donors (Lipinski definition) is 3. The molecular formula is C20H29ClF2N4O2. The quantitative estimate of drug-likeness (QED) is 0.647. The lowest BCUT2D eigenvalue weighted by atomic mass is 9.96. The lowest BCUT2D eigenvalue weighted by Crippen LogP contribution is -2.50. The van der Waals surface area contributed by atoms with Crippen LogP contribution >= 0.6 is 12.4 Å². The van der Waals surface area contributed by atoms with Crippen molar-refractivity contribution >= 4 is 29.9 Å². The molecule has 2 fully saturated rings. The molecule has 0 aliphatic carbocycles. The van der Waals surface area contributed by atoms with E-state index in [1.165, 1.54) is 6.07 Å². The molecule has 1 aromatic rings. The van der Waals surface area contributed by atoms with Crippen molar-refractivity contribution in [2.24, 2.45) is 5.92 Å². The highest BCUT2D eigenvalue weighted by molar-refractivity contribution is 5.94. The van der Waals surface area contributed by atoms with E-state index < -0.39 is 17.7 Å². The van der Waals surface area contributed by atoms with Crippen LogP contribution in [-0.4, -0.2) is 55.0 Å². The number of amides is 2. The molecule has 0 radical (unpaired) electrons. The average Bonchev–Trinajstić information content (AvgIpc) is 3.23. The minimum Gasteiger partial charge on any atom is -0.354 e. The van der Waals surface area contributed by atoms with E-state index in [0.717, 1.165) is 50.9 Å². The Balaban J connectivity index is 0.00000300. The molecule has 2 amide bonds. The minimum atomic E-state index is -0.791. The van der Waals surface area contributed by atoms with Gasteiger partial charge >= 0.3 is 0 Å². The molecule has 6 nitrogen and oxygen atoms in total. The smallest absolute Gasteiger partial charge is 0.241 e. The molecule has 3 atom stereocenters. The number of hydrogen-bond acceptors (Lipinski definition) is 4. The Bertz CT molecular complexity index is 716. The summed E-state index contributed by atoms with van der Waals surface area (Å²) in [4.78, 5) is 26.7. The Hall–Kier alpha value is -1.77. The lowest BCUT2D eigenvalue weighted by Gasteiger charge is -2.36. The van der Waals surface area contributed by atoms with Gasteiger partial charge in [0.15, 0.2) is 0 Å². The molecule has 2 aliphatic heterocycles. The molecule has 3 unspecified atom stereocenters. The standard InChI is InChI=1S/C20H28F2N4O2.ClH/c1-13(19(27)25-17-7-6-15(21)10-16(17)22)26-9-3-4-14(12-26)11-24-20(28)18-5-2-8-23-18;/h6-7,10,13-14,18,23H,2-5,8-9,11-12H2,1H3,(H,24,28)(H,25,27);1H. The van der Waals surface area contributed by atoms with Gasteiger partial charge in [-0.3, -0.25) is 14.5 Å². The molecule has 3 rings (SSSR count). The molecule has 2 aliphatic rings. The van der Waals surface area contributed by atoms with Crippen molar-refractivity contribution in [3.8, 4) is 0 Å². The van der Waals surface area contributed by atoms with Crippen molar-refractivity contribution in [3.05, 3.63) is 29.8 Å². The fourth-order valence-electron chi connectivity index (χ4n) is 3.89. The van der Waals surface area contributed by atoms with Gasteiger partial charge in [0.25, 0.3) is 0 Å². The van der Waals surface area contributed by atoms with Crippen molar-refractivity contribution < 1.29 is 18.4 Å². The molecule has 1 aromatic carbocycles. The van der Waals surface area contributed by atoms with E-state index in [2.05, 4.69) is 16.0 Å². The van der Waals surface area contributed by atoms with Gasteiger partial charge < -0.3 is 16.0 Å². The van der Waals surface area contributed by atoms with Crippen molar-refractivity contribution in [1.29, 1.82) is 0 Å². The maximum atomic E-state index is 13.8. The Labute approximate surface area is 176 Å². The summed E-state index contributed by atoms with van der Waals surface area (Å²) in [6.45, 7) is 4.72. The third kappa shape index (κ3) is 6.35. The van der Waals surface area contributed by atoms with Gasteiger partial charge in [0.05, 0.1) is 17.8 Å². The van der Waals surface area contributed by atoms with Crippen molar-refractivity contribution in [3.63, 3.8) is 0 Å². The zero-order valence-electron chi connectivity index (χ0n) is 16.5. The molecule has 2 heterocycles. The van der Waals surface area contributed by atoms with Gasteiger partial charge in [-0.05, 0) is 63.7 Å². The first-order valence-corrected chi connectivity index (χ1v) is 9.95. The molecule has 162 valence electrons. The number of carbonyl (C=O) groups is 2. The molecule has 2 saturated heterocycles. The summed E-state index contributed by atoms with van der Waals surface area (Å²) in [5.41, 5.74) is -0.0249. The molecule has 29 heavy (non-hydrogen) atoms. The van der Waals surface area contributed by atoms with Gasteiger partial charge in [0, 0.05) is 19.2 Å².